The van der Waals surface area contributed by atoms with Crippen LogP contribution in [0, 0.1) is 11.2 Å². The minimum Gasteiger partial charge on any atom is -0.392 e. The molecule has 25 heavy (non-hydrogen) atoms. The quantitative estimate of drug-likeness (QED) is 0.821. The summed E-state index contributed by atoms with van der Waals surface area (Å²) in [4.78, 5) is 25.4. The van der Waals surface area contributed by atoms with Gasteiger partial charge in [-0.1, -0.05) is 18.6 Å². The number of likely N-dealkylation sites (tertiary alicyclic amines) is 1. The Labute approximate surface area is 147 Å². The van der Waals surface area contributed by atoms with Crippen molar-refractivity contribution in [2.45, 2.75) is 44.6 Å². The van der Waals surface area contributed by atoms with Crippen LogP contribution in [0.3, 0.4) is 0 Å². The van der Waals surface area contributed by atoms with Gasteiger partial charge >= 0.3 is 0 Å². The number of benzene rings is 1. The van der Waals surface area contributed by atoms with E-state index in [1.54, 1.807) is 17.0 Å². The first kappa shape index (κ1) is 17.9. The Morgan fingerprint density at radius 3 is 2.68 bits per heavy atom. The van der Waals surface area contributed by atoms with Gasteiger partial charge in [-0.15, -0.1) is 0 Å². The number of carbonyl (C=O) groups excluding carboxylic acids is 2. The molecule has 0 spiro atoms. The van der Waals surface area contributed by atoms with E-state index in [1.807, 2.05) is 0 Å². The lowest BCUT2D eigenvalue weighted by Gasteiger charge is -2.33. The van der Waals surface area contributed by atoms with E-state index in [-0.39, 0.29) is 24.2 Å². The zero-order valence-corrected chi connectivity index (χ0v) is 14.3. The third kappa shape index (κ3) is 4.18. The Hall–Kier alpha value is -1.95. The van der Waals surface area contributed by atoms with E-state index in [0.717, 1.165) is 24.8 Å². The molecule has 1 saturated carbocycles. The molecule has 1 heterocycles. The second-order valence-electron chi connectivity index (χ2n) is 7.27. The van der Waals surface area contributed by atoms with Crippen molar-refractivity contribution in [3.8, 4) is 0 Å². The van der Waals surface area contributed by atoms with Gasteiger partial charge in [-0.05, 0) is 43.4 Å². The maximum atomic E-state index is 13.1. The minimum absolute atomic E-state index is 0.0251. The first-order chi connectivity index (χ1) is 12.0. The summed E-state index contributed by atoms with van der Waals surface area (Å²) in [7, 11) is 0. The van der Waals surface area contributed by atoms with Gasteiger partial charge in [-0.2, -0.15) is 0 Å². The Kier molecular flexibility index (Phi) is 5.37. The van der Waals surface area contributed by atoms with Crippen LogP contribution in [-0.4, -0.2) is 47.6 Å². The van der Waals surface area contributed by atoms with Crippen molar-refractivity contribution < 1.29 is 19.1 Å². The molecule has 136 valence electrons. The van der Waals surface area contributed by atoms with Gasteiger partial charge in [-0.25, -0.2) is 4.39 Å². The van der Waals surface area contributed by atoms with E-state index in [2.05, 4.69) is 5.32 Å². The van der Waals surface area contributed by atoms with Crippen LogP contribution in [0.4, 0.5) is 4.39 Å². The normalized spacial score (nSPS) is 26.2. The average molecular weight is 348 g/mol. The Bertz CT molecular complexity index is 634. The fourth-order valence-electron chi connectivity index (χ4n) is 3.98. The molecule has 0 unspecified atom stereocenters. The number of amides is 2. The third-order valence-corrected chi connectivity index (χ3v) is 5.47. The summed E-state index contributed by atoms with van der Waals surface area (Å²) in [6.45, 7) is 1.09. The lowest BCUT2D eigenvalue weighted by molar-refractivity contribution is -0.133. The van der Waals surface area contributed by atoms with Crippen molar-refractivity contribution in [2.75, 3.05) is 19.6 Å². The predicted octanol–water partition coefficient (Wildman–Crippen LogP) is 1.64. The number of nitrogens with one attached hydrogen (secondary N) is 1. The molecule has 2 atom stereocenters. The molecule has 5 nitrogen and oxygen atoms in total. The van der Waals surface area contributed by atoms with E-state index >= 15 is 0 Å². The van der Waals surface area contributed by atoms with Crippen molar-refractivity contribution in [1.29, 1.82) is 0 Å². The first-order valence-electron chi connectivity index (χ1n) is 8.95. The molecule has 3 rings (SSSR count). The van der Waals surface area contributed by atoms with Crippen LogP contribution in [0.2, 0.25) is 0 Å². The van der Waals surface area contributed by atoms with Crippen LogP contribution in [0.15, 0.2) is 24.3 Å². The fraction of sp³-hybridized carbons (Fsp3) is 0.579. The molecular formula is C19H25FN2O3. The van der Waals surface area contributed by atoms with E-state index in [9.17, 15) is 19.1 Å². The molecular weight excluding hydrogens is 323 g/mol. The lowest BCUT2D eigenvalue weighted by atomic mass is 9.78. The summed E-state index contributed by atoms with van der Waals surface area (Å²) in [6, 6.07) is 6.30. The highest BCUT2D eigenvalue weighted by Crippen LogP contribution is 2.40. The minimum atomic E-state index is -0.494. The van der Waals surface area contributed by atoms with Gasteiger partial charge in [0.05, 0.1) is 12.6 Å². The number of hydrogen-bond acceptors (Lipinski definition) is 3. The molecule has 0 bridgehead atoms. The van der Waals surface area contributed by atoms with Crippen LogP contribution < -0.4 is 5.32 Å². The SMILES string of the molecule is O=C(CN1CCCC1=O)NC[C@]1(Cc2ccc(F)cc2)CCC[C@H]1O. The summed E-state index contributed by atoms with van der Waals surface area (Å²) in [5.74, 6) is -0.446. The van der Waals surface area contributed by atoms with E-state index < -0.39 is 11.5 Å². The smallest absolute Gasteiger partial charge is 0.239 e. The topological polar surface area (TPSA) is 69.6 Å². The lowest BCUT2D eigenvalue weighted by Crippen LogP contribution is -2.46. The monoisotopic (exact) mass is 348 g/mol. The summed E-state index contributed by atoms with van der Waals surface area (Å²) in [5, 5.41) is 13.4. The number of aliphatic hydroxyl groups is 1. The highest BCUT2D eigenvalue weighted by Gasteiger charge is 2.42. The molecule has 0 radical (unpaired) electrons. The Morgan fingerprint density at radius 1 is 1.32 bits per heavy atom. The van der Waals surface area contributed by atoms with Gasteiger partial charge in [0.15, 0.2) is 0 Å². The predicted molar refractivity (Wildman–Crippen MR) is 91.2 cm³/mol. The Balaban J connectivity index is 1.61. The van der Waals surface area contributed by atoms with Crippen molar-refractivity contribution in [3.63, 3.8) is 0 Å². The standard InChI is InChI=1S/C19H25FN2O3/c20-15-7-5-14(6-8-15)11-19(9-1-3-16(19)23)13-21-17(24)12-22-10-2-4-18(22)25/h5-8,16,23H,1-4,9-13H2,(H,21,24)/t16-,19-/m1/s1. The largest absolute Gasteiger partial charge is 0.392 e. The number of carbonyl (C=O) groups is 2. The Morgan fingerprint density at radius 2 is 2.08 bits per heavy atom. The molecule has 2 fully saturated rings. The summed E-state index contributed by atoms with van der Waals surface area (Å²) in [5.41, 5.74) is 0.522. The van der Waals surface area contributed by atoms with Crippen LogP contribution in [0.5, 0.6) is 0 Å². The van der Waals surface area contributed by atoms with Gasteiger partial charge in [0.1, 0.15) is 5.82 Å². The number of nitrogens with zero attached hydrogens (tertiary/aromatic N) is 1. The van der Waals surface area contributed by atoms with Gasteiger partial charge in [0.25, 0.3) is 0 Å². The van der Waals surface area contributed by atoms with Gasteiger partial charge in [0.2, 0.25) is 11.8 Å². The molecule has 1 aliphatic heterocycles. The highest BCUT2D eigenvalue weighted by molar-refractivity contribution is 5.85. The van der Waals surface area contributed by atoms with Gasteiger partial charge in [-0.3, -0.25) is 9.59 Å². The molecule has 0 aromatic heterocycles. The zero-order valence-electron chi connectivity index (χ0n) is 14.3. The molecule has 2 aliphatic rings. The van der Waals surface area contributed by atoms with Crippen LogP contribution in [0.1, 0.15) is 37.7 Å². The number of aliphatic hydroxyl groups excluding tert-OH is 1. The summed E-state index contributed by atoms with van der Waals surface area (Å²) >= 11 is 0. The van der Waals surface area contributed by atoms with E-state index in [4.69, 9.17) is 0 Å². The van der Waals surface area contributed by atoms with Crippen LogP contribution >= 0.6 is 0 Å². The summed E-state index contributed by atoms with van der Waals surface area (Å²) < 4.78 is 13.1. The average Bonchev–Trinajstić information content (AvgIpc) is 3.15. The summed E-state index contributed by atoms with van der Waals surface area (Å²) in [6.07, 6.45) is 3.85. The highest BCUT2D eigenvalue weighted by atomic mass is 19.1. The number of hydrogen-bond donors (Lipinski definition) is 2. The number of rotatable bonds is 6. The molecule has 6 heteroatoms. The first-order valence-corrected chi connectivity index (χ1v) is 8.95. The fourth-order valence-corrected chi connectivity index (χ4v) is 3.98. The van der Waals surface area contributed by atoms with Crippen molar-refractivity contribution in [3.05, 3.63) is 35.6 Å². The maximum Gasteiger partial charge on any atom is 0.239 e. The third-order valence-electron chi connectivity index (χ3n) is 5.47. The molecule has 1 aromatic rings. The van der Waals surface area contributed by atoms with Gasteiger partial charge < -0.3 is 15.3 Å². The zero-order chi connectivity index (χ0) is 17.9. The molecule has 2 amide bonds. The molecule has 1 saturated heterocycles. The number of halogens is 1. The van der Waals surface area contributed by atoms with Crippen LogP contribution in [-0.2, 0) is 16.0 Å². The second kappa shape index (κ2) is 7.52. The van der Waals surface area contributed by atoms with Crippen molar-refractivity contribution in [1.82, 2.24) is 10.2 Å². The van der Waals surface area contributed by atoms with Crippen molar-refractivity contribution in [2.24, 2.45) is 5.41 Å². The van der Waals surface area contributed by atoms with Gasteiger partial charge in [0, 0.05) is 24.9 Å². The second-order valence-corrected chi connectivity index (χ2v) is 7.27. The van der Waals surface area contributed by atoms with E-state index in [0.29, 0.717) is 32.4 Å². The molecule has 1 aliphatic carbocycles. The van der Waals surface area contributed by atoms with Crippen LogP contribution in [0.25, 0.3) is 0 Å². The maximum absolute atomic E-state index is 13.1. The van der Waals surface area contributed by atoms with Crippen molar-refractivity contribution >= 4 is 11.8 Å². The molecule has 1 aromatic carbocycles. The van der Waals surface area contributed by atoms with E-state index in [1.165, 1.54) is 12.1 Å². The molecule has 2 N–H and O–H groups in total.